The zero-order chi connectivity index (χ0) is 25.1. The second-order valence-electron chi connectivity index (χ2n) is 8.44. The van der Waals surface area contributed by atoms with E-state index in [1.54, 1.807) is 6.08 Å². The molecule has 0 unspecified atom stereocenters. The van der Waals surface area contributed by atoms with Crippen LogP contribution in [-0.4, -0.2) is 9.13 Å². The maximum atomic E-state index is 9.30. The van der Waals surface area contributed by atoms with Gasteiger partial charge >= 0.3 is 0 Å². The van der Waals surface area contributed by atoms with Gasteiger partial charge in [0.25, 0.3) is 0 Å². The van der Waals surface area contributed by atoms with E-state index in [1.807, 2.05) is 64.6 Å². The lowest BCUT2D eigenvalue weighted by Gasteiger charge is -2.13. The Balaban J connectivity index is 1.84. The summed E-state index contributed by atoms with van der Waals surface area (Å²) in [6.07, 6.45) is 7.90. The largest absolute Gasteiger partial charge is 0.279 e. The van der Waals surface area contributed by atoms with Gasteiger partial charge < -0.3 is 0 Å². The van der Waals surface area contributed by atoms with E-state index < -0.39 is 0 Å². The van der Waals surface area contributed by atoms with E-state index in [0.29, 0.717) is 5.62 Å². The fraction of sp³-hybridized carbons (Fsp3) is 0.0312. The summed E-state index contributed by atoms with van der Waals surface area (Å²) in [6.45, 7) is 5.87. The van der Waals surface area contributed by atoms with Crippen LogP contribution in [0.3, 0.4) is 0 Å². The van der Waals surface area contributed by atoms with Gasteiger partial charge in [0.05, 0.1) is 16.7 Å². The molecule has 5 rings (SSSR count). The van der Waals surface area contributed by atoms with Crippen molar-refractivity contribution in [2.75, 3.05) is 0 Å². The number of hydrogen-bond donors (Lipinski definition) is 1. The summed E-state index contributed by atoms with van der Waals surface area (Å²) in [5.74, 6) is 0. The zero-order valence-corrected chi connectivity index (χ0v) is 21.6. The first-order chi connectivity index (χ1) is 17.6. The van der Waals surface area contributed by atoms with Gasteiger partial charge in [-0.25, -0.2) is 0 Å². The van der Waals surface area contributed by atoms with Gasteiger partial charge in [-0.2, -0.15) is 0 Å². The number of para-hydroxylation sites is 1. The summed E-state index contributed by atoms with van der Waals surface area (Å²) in [4.78, 5) is 0. The van der Waals surface area contributed by atoms with Gasteiger partial charge in [0, 0.05) is 10.2 Å². The number of benzene rings is 4. The molecule has 1 N–H and O–H groups in total. The van der Waals surface area contributed by atoms with Crippen LogP contribution in [-0.2, 0) is 0 Å². The molecular weight excluding hydrogens is 506 g/mol. The second-order valence-corrected chi connectivity index (χ2v) is 9.35. The number of nitrogens with zero attached hydrogens (tertiary/aromatic N) is 2. The molecule has 0 atom stereocenters. The normalized spacial score (nSPS) is 11.9. The number of aromatic nitrogens is 2. The number of imidazole rings is 1. The molecule has 0 bridgehead atoms. The Hall–Kier alpha value is -4.15. The summed E-state index contributed by atoms with van der Waals surface area (Å²) in [6, 6.07) is 33.1. The molecule has 36 heavy (non-hydrogen) atoms. The van der Waals surface area contributed by atoms with Crippen LogP contribution in [0.4, 0.5) is 0 Å². The highest BCUT2D eigenvalue weighted by Crippen LogP contribution is 2.30. The Labute approximate surface area is 219 Å². The number of fused-ring (bicyclic) bond motifs is 1. The van der Waals surface area contributed by atoms with E-state index in [2.05, 4.69) is 89.3 Å². The Morgan fingerprint density at radius 2 is 1.47 bits per heavy atom. The van der Waals surface area contributed by atoms with Gasteiger partial charge in [0.1, 0.15) is 0 Å². The lowest BCUT2D eigenvalue weighted by atomic mass is 9.97. The van der Waals surface area contributed by atoms with Crippen LogP contribution < -0.4 is 5.62 Å². The minimum atomic E-state index is 0.383. The Morgan fingerprint density at radius 1 is 0.778 bits per heavy atom. The molecule has 0 saturated carbocycles. The van der Waals surface area contributed by atoms with Crippen LogP contribution in [0.2, 0.25) is 0 Å². The van der Waals surface area contributed by atoms with Crippen molar-refractivity contribution < 1.29 is 0 Å². The van der Waals surface area contributed by atoms with Crippen molar-refractivity contribution in [2.24, 2.45) is 0 Å². The van der Waals surface area contributed by atoms with Crippen LogP contribution in [0.1, 0.15) is 12.5 Å². The average Bonchev–Trinajstić information content (AvgIpc) is 3.20. The van der Waals surface area contributed by atoms with Crippen LogP contribution >= 0.6 is 15.9 Å². The predicted molar refractivity (Wildman–Crippen MR) is 155 cm³/mol. The molecule has 0 aliphatic carbocycles. The fourth-order valence-electron chi connectivity index (χ4n) is 4.53. The molecule has 0 aliphatic heterocycles. The zero-order valence-electron chi connectivity index (χ0n) is 20.0. The van der Waals surface area contributed by atoms with Gasteiger partial charge in [-0.1, -0.05) is 95.3 Å². The highest BCUT2D eigenvalue weighted by molar-refractivity contribution is 9.10. The van der Waals surface area contributed by atoms with Gasteiger partial charge in [0.2, 0.25) is 5.62 Å². The number of rotatable bonds is 6. The number of hydrogen-bond acceptors (Lipinski definition) is 1. The maximum Gasteiger partial charge on any atom is 0.212 e. The molecule has 0 radical (unpaired) electrons. The smallest absolute Gasteiger partial charge is 0.212 e. The van der Waals surface area contributed by atoms with Crippen LogP contribution in [0.25, 0.3) is 39.1 Å². The first-order valence-electron chi connectivity index (χ1n) is 11.8. The lowest BCUT2D eigenvalue weighted by Crippen LogP contribution is -2.22. The van der Waals surface area contributed by atoms with Gasteiger partial charge in [-0.3, -0.25) is 14.5 Å². The van der Waals surface area contributed by atoms with E-state index in [-0.39, 0.29) is 0 Å². The van der Waals surface area contributed by atoms with Crippen molar-refractivity contribution in [3.8, 4) is 22.5 Å². The first-order valence-corrected chi connectivity index (χ1v) is 12.6. The van der Waals surface area contributed by atoms with E-state index >= 15 is 0 Å². The van der Waals surface area contributed by atoms with Crippen molar-refractivity contribution in [3.05, 3.63) is 144 Å². The predicted octanol–water partition coefficient (Wildman–Crippen LogP) is 8.48. The minimum absolute atomic E-state index is 0.383. The van der Waals surface area contributed by atoms with E-state index in [4.69, 9.17) is 0 Å². The molecule has 0 saturated heterocycles. The summed E-state index contributed by atoms with van der Waals surface area (Å²) >= 11 is 3.63. The summed E-state index contributed by atoms with van der Waals surface area (Å²) < 4.78 is 4.99. The molecule has 176 valence electrons. The maximum absolute atomic E-state index is 9.30. The summed E-state index contributed by atoms with van der Waals surface area (Å²) in [5, 5.41) is 9.30. The van der Waals surface area contributed by atoms with Crippen molar-refractivity contribution in [1.82, 2.24) is 9.13 Å². The average molecular weight is 532 g/mol. The molecule has 0 aliphatic rings. The van der Waals surface area contributed by atoms with E-state index in [0.717, 1.165) is 49.1 Å². The van der Waals surface area contributed by atoms with Gasteiger partial charge in [-0.05, 0) is 77.7 Å². The highest BCUT2D eigenvalue weighted by Gasteiger charge is 2.16. The minimum Gasteiger partial charge on any atom is -0.279 e. The molecule has 1 aromatic heterocycles. The number of allylic oxidation sites excluding steroid dienone is 5. The fourth-order valence-corrected chi connectivity index (χ4v) is 4.88. The molecule has 4 heteroatoms. The van der Waals surface area contributed by atoms with Crippen molar-refractivity contribution in [2.45, 2.75) is 6.92 Å². The summed E-state index contributed by atoms with van der Waals surface area (Å²) in [7, 11) is 0. The third kappa shape index (κ3) is 4.43. The first kappa shape index (κ1) is 23.6. The SMILES string of the molecule is C=C/C=C\C(=C/C)c1cc(-c2ccccc2)cc(-n2c(=N)n(-c3ccccc3)c3cc(Br)ccc32)c1. The quantitative estimate of drug-likeness (QED) is 0.213. The summed E-state index contributed by atoms with van der Waals surface area (Å²) in [5.41, 5.74) is 8.60. The Morgan fingerprint density at radius 3 is 2.17 bits per heavy atom. The number of nitrogens with one attached hydrogen (secondary N) is 1. The van der Waals surface area contributed by atoms with Crippen LogP contribution in [0.15, 0.2) is 132 Å². The third-order valence-electron chi connectivity index (χ3n) is 6.20. The number of halogens is 1. The molecule has 1 heterocycles. The van der Waals surface area contributed by atoms with Crippen molar-refractivity contribution in [1.29, 1.82) is 5.41 Å². The van der Waals surface area contributed by atoms with E-state index in [9.17, 15) is 5.41 Å². The standard InChI is InChI=1S/C32H26BrN3/c1-3-5-12-23(4-2)25-19-26(24-13-8-6-9-14-24)21-29(20-25)36-30-18-17-27(33)22-31(30)35(32(36)34)28-15-10-7-11-16-28/h3-22,34H,1H2,2H3/b12-5-,23-4+,34-32?. The van der Waals surface area contributed by atoms with Crippen LogP contribution in [0, 0.1) is 5.41 Å². The topological polar surface area (TPSA) is 33.7 Å². The Kier molecular flexibility index (Phi) is 6.70. The third-order valence-corrected chi connectivity index (χ3v) is 6.69. The monoisotopic (exact) mass is 531 g/mol. The molecular formula is C32H26BrN3. The molecule has 0 spiro atoms. The van der Waals surface area contributed by atoms with Crippen molar-refractivity contribution in [3.63, 3.8) is 0 Å². The lowest BCUT2D eigenvalue weighted by molar-refractivity contribution is 0.855. The molecule has 4 aromatic carbocycles. The van der Waals surface area contributed by atoms with Crippen molar-refractivity contribution >= 4 is 32.5 Å². The Bertz CT molecular complexity index is 1670. The van der Waals surface area contributed by atoms with Gasteiger partial charge in [0.15, 0.2) is 0 Å². The van der Waals surface area contributed by atoms with Gasteiger partial charge in [-0.15, -0.1) is 0 Å². The molecule has 0 amide bonds. The molecule has 0 fully saturated rings. The molecule has 5 aromatic rings. The second kappa shape index (κ2) is 10.2. The van der Waals surface area contributed by atoms with E-state index in [1.165, 1.54) is 0 Å². The molecule has 3 nitrogen and oxygen atoms in total. The van der Waals surface area contributed by atoms with Crippen LogP contribution in [0.5, 0.6) is 0 Å². The highest BCUT2D eigenvalue weighted by atomic mass is 79.9.